The maximum atomic E-state index is 10.9. The minimum atomic E-state index is -0.510. The Kier molecular flexibility index (Phi) is 5.28. The highest BCUT2D eigenvalue weighted by Crippen LogP contribution is 1.98. The molecule has 0 aromatic carbocycles. The maximum Gasteiger partial charge on any atom is 0.223 e. The molecule has 4 nitrogen and oxygen atoms in total. The van der Waals surface area contributed by atoms with Crippen LogP contribution >= 0.6 is 0 Å². The number of carbonyl (C=O) groups excluding carboxylic acids is 2. The molecular weight excluding hydrogens is 156 g/mol. The van der Waals surface area contributed by atoms with Crippen molar-refractivity contribution in [2.75, 3.05) is 6.54 Å². The van der Waals surface area contributed by atoms with E-state index in [-0.39, 0.29) is 18.2 Å². The second-order valence-electron chi connectivity index (χ2n) is 2.95. The zero-order valence-electron chi connectivity index (χ0n) is 7.46. The monoisotopic (exact) mass is 171 g/mol. The molecule has 0 aromatic heterocycles. The normalized spacial score (nSPS) is 12.7. The lowest BCUT2D eigenvalue weighted by Crippen LogP contribution is -2.40. The standard InChI is InChI=1S/C8H15N2O2/c1-6(2)7(5-11)10-8(12)3-4-9/h6-7H,3-4,9H2,1-2H3,(H,10,12)/t7-/m1/s1. The van der Waals surface area contributed by atoms with Crippen LogP contribution < -0.4 is 11.1 Å². The van der Waals surface area contributed by atoms with E-state index >= 15 is 0 Å². The van der Waals surface area contributed by atoms with Gasteiger partial charge in [-0.3, -0.25) is 9.59 Å². The zero-order chi connectivity index (χ0) is 9.56. The van der Waals surface area contributed by atoms with Crippen molar-refractivity contribution in [3.63, 3.8) is 0 Å². The number of nitrogens with two attached hydrogens (primary N) is 1. The van der Waals surface area contributed by atoms with Crippen molar-refractivity contribution in [2.45, 2.75) is 26.3 Å². The molecule has 12 heavy (non-hydrogen) atoms. The summed E-state index contributed by atoms with van der Waals surface area (Å²) < 4.78 is 0. The van der Waals surface area contributed by atoms with E-state index < -0.39 is 6.04 Å². The topological polar surface area (TPSA) is 72.2 Å². The number of hydrogen-bond acceptors (Lipinski definition) is 3. The molecule has 0 rings (SSSR count). The molecule has 0 unspecified atom stereocenters. The Morgan fingerprint density at radius 1 is 1.58 bits per heavy atom. The fraction of sp³-hybridized carbons (Fsp3) is 0.750. The number of rotatable bonds is 5. The van der Waals surface area contributed by atoms with Gasteiger partial charge in [-0.25, -0.2) is 0 Å². The first-order valence-electron chi connectivity index (χ1n) is 3.99. The van der Waals surface area contributed by atoms with Crippen molar-refractivity contribution in [2.24, 2.45) is 11.7 Å². The van der Waals surface area contributed by atoms with Gasteiger partial charge in [-0.15, -0.1) is 0 Å². The van der Waals surface area contributed by atoms with E-state index in [1.54, 1.807) is 6.29 Å². The molecule has 0 saturated carbocycles. The quantitative estimate of drug-likeness (QED) is 0.590. The molecule has 0 bridgehead atoms. The van der Waals surface area contributed by atoms with Gasteiger partial charge in [-0.1, -0.05) is 13.8 Å². The van der Waals surface area contributed by atoms with Gasteiger partial charge in [0.15, 0.2) is 0 Å². The number of nitrogens with one attached hydrogen (secondary N) is 1. The Balaban J connectivity index is 3.85. The molecule has 1 atom stereocenters. The van der Waals surface area contributed by atoms with E-state index in [4.69, 9.17) is 5.73 Å². The largest absolute Gasteiger partial charge is 0.345 e. The minimum absolute atomic E-state index is 0.0734. The summed E-state index contributed by atoms with van der Waals surface area (Å²) in [5, 5.41) is 2.52. The third-order valence-corrected chi connectivity index (χ3v) is 1.48. The minimum Gasteiger partial charge on any atom is -0.345 e. The number of hydrogen-bond donors (Lipinski definition) is 2. The first kappa shape index (κ1) is 11.1. The molecule has 4 heteroatoms. The second-order valence-corrected chi connectivity index (χ2v) is 2.95. The summed E-state index contributed by atoms with van der Waals surface area (Å²) in [6, 6.07) is -0.510. The van der Waals surface area contributed by atoms with Crippen molar-refractivity contribution in [3.8, 4) is 0 Å². The van der Waals surface area contributed by atoms with Crippen LogP contribution in [0, 0.1) is 5.92 Å². The van der Waals surface area contributed by atoms with Crippen LogP contribution in [0.3, 0.4) is 0 Å². The maximum absolute atomic E-state index is 10.9. The van der Waals surface area contributed by atoms with Gasteiger partial charge in [-0.2, -0.15) is 0 Å². The summed E-state index contributed by atoms with van der Waals surface area (Å²) in [5.41, 5.74) is 5.16. The first-order valence-corrected chi connectivity index (χ1v) is 3.99. The highest BCUT2D eigenvalue weighted by molar-refractivity contribution is 5.79. The van der Waals surface area contributed by atoms with Crippen LogP contribution in [-0.4, -0.2) is 24.8 Å². The zero-order valence-corrected chi connectivity index (χ0v) is 7.46. The predicted molar refractivity (Wildman–Crippen MR) is 46.1 cm³/mol. The summed E-state index contributed by atoms with van der Waals surface area (Å²) in [4.78, 5) is 21.3. The number of carbonyl (C=O) groups is 1. The van der Waals surface area contributed by atoms with Gasteiger partial charge in [0.25, 0.3) is 0 Å². The van der Waals surface area contributed by atoms with E-state index in [1.165, 1.54) is 0 Å². The molecular formula is C8H15N2O2. The molecule has 0 aromatic rings. The van der Waals surface area contributed by atoms with Crippen LogP contribution in [0.4, 0.5) is 0 Å². The van der Waals surface area contributed by atoms with Crippen molar-refractivity contribution in [1.29, 1.82) is 0 Å². The summed E-state index contributed by atoms with van der Waals surface area (Å²) >= 11 is 0. The number of amides is 1. The van der Waals surface area contributed by atoms with Crippen LogP contribution in [0.2, 0.25) is 0 Å². The van der Waals surface area contributed by atoms with E-state index in [0.29, 0.717) is 6.54 Å². The molecule has 3 N–H and O–H groups in total. The third kappa shape index (κ3) is 4.08. The lowest BCUT2D eigenvalue weighted by Gasteiger charge is -2.14. The molecule has 1 amide bonds. The van der Waals surface area contributed by atoms with Crippen molar-refractivity contribution < 1.29 is 9.59 Å². The lowest BCUT2D eigenvalue weighted by atomic mass is 10.1. The molecule has 0 saturated heterocycles. The molecule has 0 aliphatic heterocycles. The Morgan fingerprint density at radius 2 is 2.17 bits per heavy atom. The first-order chi connectivity index (χ1) is 5.61. The van der Waals surface area contributed by atoms with Gasteiger partial charge in [0.05, 0.1) is 6.04 Å². The van der Waals surface area contributed by atoms with E-state index in [9.17, 15) is 9.59 Å². The fourth-order valence-corrected chi connectivity index (χ4v) is 0.709. The van der Waals surface area contributed by atoms with Gasteiger partial charge in [0.1, 0.15) is 0 Å². The summed E-state index contributed by atoms with van der Waals surface area (Å²) in [5.74, 6) is -0.122. The molecule has 1 radical (unpaired) electrons. The summed E-state index contributed by atoms with van der Waals surface area (Å²) in [6.07, 6.45) is 2.02. The van der Waals surface area contributed by atoms with Crippen LogP contribution in [0.1, 0.15) is 20.3 Å². The molecule has 0 fully saturated rings. The summed E-state index contributed by atoms with van der Waals surface area (Å²) in [7, 11) is 0. The van der Waals surface area contributed by atoms with E-state index in [2.05, 4.69) is 5.32 Å². The Labute approximate surface area is 72.5 Å². The molecule has 0 aliphatic rings. The average Bonchev–Trinajstić information content (AvgIpc) is 2.00. The lowest BCUT2D eigenvalue weighted by molar-refractivity contribution is -0.121. The predicted octanol–water partition coefficient (Wildman–Crippen LogP) is -0.414. The van der Waals surface area contributed by atoms with Crippen LogP contribution in [-0.2, 0) is 9.59 Å². The van der Waals surface area contributed by atoms with Crippen LogP contribution in [0.25, 0.3) is 0 Å². The molecule has 0 aliphatic carbocycles. The molecule has 0 spiro atoms. The van der Waals surface area contributed by atoms with Gasteiger partial charge in [-0.05, 0) is 5.92 Å². The highest BCUT2D eigenvalue weighted by atomic mass is 16.2. The van der Waals surface area contributed by atoms with Gasteiger partial charge in [0, 0.05) is 13.0 Å². The van der Waals surface area contributed by atoms with E-state index in [1.807, 2.05) is 13.8 Å². The van der Waals surface area contributed by atoms with Crippen molar-refractivity contribution >= 4 is 12.2 Å². The fourth-order valence-electron chi connectivity index (χ4n) is 0.709. The Morgan fingerprint density at radius 3 is 2.50 bits per heavy atom. The third-order valence-electron chi connectivity index (χ3n) is 1.48. The second kappa shape index (κ2) is 5.71. The molecule has 69 valence electrons. The Bertz CT molecular complexity index is 157. The highest BCUT2D eigenvalue weighted by Gasteiger charge is 2.14. The van der Waals surface area contributed by atoms with Crippen molar-refractivity contribution in [1.82, 2.24) is 5.32 Å². The van der Waals surface area contributed by atoms with Gasteiger partial charge >= 0.3 is 0 Å². The molecule has 0 heterocycles. The van der Waals surface area contributed by atoms with Gasteiger partial charge in [0.2, 0.25) is 12.2 Å². The van der Waals surface area contributed by atoms with E-state index in [0.717, 1.165) is 0 Å². The SMILES string of the molecule is CC(C)[C@@H]([C]=O)NC(=O)CCN. The average molecular weight is 171 g/mol. The van der Waals surface area contributed by atoms with Gasteiger partial charge < -0.3 is 11.1 Å². The van der Waals surface area contributed by atoms with Crippen LogP contribution in [0.15, 0.2) is 0 Å². The smallest absolute Gasteiger partial charge is 0.223 e. The summed E-state index contributed by atoms with van der Waals surface area (Å²) in [6.45, 7) is 3.99. The Hall–Kier alpha value is -0.900. The van der Waals surface area contributed by atoms with Crippen LogP contribution in [0.5, 0.6) is 0 Å². The van der Waals surface area contributed by atoms with Crippen molar-refractivity contribution in [3.05, 3.63) is 0 Å².